The number of alkyl halides is 3. The van der Waals surface area contributed by atoms with Crippen LogP contribution in [0.4, 0.5) is 22.0 Å². The van der Waals surface area contributed by atoms with Crippen LogP contribution in [-0.2, 0) is 11.2 Å². The van der Waals surface area contributed by atoms with Gasteiger partial charge in [-0.2, -0.15) is 13.2 Å². The summed E-state index contributed by atoms with van der Waals surface area (Å²) in [6.45, 7) is 0.0204. The van der Waals surface area contributed by atoms with E-state index < -0.39 is 46.8 Å². The first-order chi connectivity index (χ1) is 15.4. The molecule has 2 atom stereocenters. The second-order valence-corrected chi connectivity index (χ2v) is 8.72. The van der Waals surface area contributed by atoms with Crippen LogP contribution >= 0.6 is 0 Å². The van der Waals surface area contributed by atoms with Gasteiger partial charge in [0.15, 0.2) is 11.6 Å². The van der Waals surface area contributed by atoms with Crippen LogP contribution in [-0.4, -0.2) is 53.8 Å². The average molecular weight is 471 g/mol. The summed E-state index contributed by atoms with van der Waals surface area (Å²) < 4.78 is 69.2. The van der Waals surface area contributed by atoms with E-state index >= 15 is 0 Å². The molecular weight excluding hydrogens is 445 g/mol. The molecule has 180 valence electrons. The van der Waals surface area contributed by atoms with Crippen molar-refractivity contribution in [1.29, 1.82) is 0 Å². The maximum atomic E-state index is 14.1. The summed E-state index contributed by atoms with van der Waals surface area (Å²) in [6, 6.07) is 4.20. The zero-order valence-corrected chi connectivity index (χ0v) is 18.3. The lowest BCUT2D eigenvalue weighted by molar-refractivity contribution is -0.194. The van der Waals surface area contributed by atoms with Crippen molar-refractivity contribution >= 4 is 5.91 Å². The second-order valence-electron chi connectivity index (χ2n) is 8.72. The highest BCUT2D eigenvalue weighted by atomic mass is 19.4. The van der Waals surface area contributed by atoms with Gasteiger partial charge in [0, 0.05) is 43.4 Å². The molecular formula is C23H26F5N3O2. The predicted octanol–water partition coefficient (Wildman–Crippen LogP) is 4.17. The molecule has 0 spiro atoms. The zero-order valence-electron chi connectivity index (χ0n) is 18.3. The second kappa shape index (κ2) is 9.62. The van der Waals surface area contributed by atoms with Crippen LogP contribution in [0, 0.1) is 17.0 Å². The zero-order chi connectivity index (χ0) is 24.4. The Bertz CT molecular complexity index is 978. The maximum absolute atomic E-state index is 14.1. The maximum Gasteiger partial charge on any atom is 0.395 e. The lowest BCUT2D eigenvalue weighted by atomic mass is 9.80. The summed E-state index contributed by atoms with van der Waals surface area (Å²) in [6.07, 6.45) is -2.07. The summed E-state index contributed by atoms with van der Waals surface area (Å²) >= 11 is 0. The van der Waals surface area contributed by atoms with Crippen molar-refractivity contribution in [1.82, 2.24) is 15.2 Å². The summed E-state index contributed by atoms with van der Waals surface area (Å²) in [5.41, 5.74) is -1.57. The topological polar surface area (TPSA) is 65.5 Å². The van der Waals surface area contributed by atoms with Crippen molar-refractivity contribution in [2.45, 2.75) is 43.8 Å². The number of likely N-dealkylation sites (N-methyl/N-ethyl adjacent to an activating group) is 1. The molecule has 2 unspecified atom stereocenters. The van der Waals surface area contributed by atoms with E-state index in [0.717, 1.165) is 6.07 Å². The number of hydrogen-bond donors (Lipinski definition) is 2. The van der Waals surface area contributed by atoms with Crippen LogP contribution in [0.3, 0.4) is 0 Å². The third-order valence-electron chi connectivity index (χ3n) is 6.33. The Morgan fingerprint density at radius 2 is 1.94 bits per heavy atom. The predicted molar refractivity (Wildman–Crippen MR) is 112 cm³/mol. The minimum Gasteiger partial charge on any atom is -0.505 e. The smallest absolute Gasteiger partial charge is 0.395 e. The summed E-state index contributed by atoms with van der Waals surface area (Å²) in [5.74, 6) is -4.18. The standard InChI is InChI=1S/C23H26F5N3O2/c1-31(2)16(8-15-9-19(25)20(32)11-18(15)24)13-30-21(33)10-17(14-4-3-7-29-12-14)22(5-6-22)23(26,27)28/h3-4,7,9,11-12,16-17,32H,5-6,8,10,13H2,1-2H3,(H,30,33). The van der Waals surface area contributed by atoms with Gasteiger partial charge in [-0.3, -0.25) is 9.78 Å². The van der Waals surface area contributed by atoms with Crippen LogP contribution in [0.15, 0.2) is 36.7 Å². The first-order valence-electron chi connectivity index (χ1n) is 10.5. The molecule has 2 aromatic rings. The van der Waals surface area contributed by atoms with E-state index in [0.29, 0.717) is 11.6 Å². The number of amides is 1. The van der Waals surface area contributed by atoms with E-state index in [1.54, 1.807) is 31.1 Å². The molecule has 1 heterocycles. The number of nitrogens with zero attached hydrogens (tertiary/aromatic N) is 2. The number of carbonyl (C=O) groups is 1. The van der Waals surface area contributed by atoms with E-state index in [9.17, 15) is 31.9 Å². The Morgan fingerprint density at radius 3 is 2.48 bits per heavy atom. The van der Waals surface area contributed by atoms with Crippen LogP contribution in [0.5, 0.6) is 5.75 Å². The minimum atomic E-state index is -4.44. The number of aromatic nitrogens is 1. The van der Waals surface area contributed by atoms with E-state index in [1.165, 1.54) is 12.4 Å². The molecule has 0 aliphatic heterocycles. The van der Waals surface area contributed by atoms with E-state index in [4.69, 9.17) is 0 Å². The quantitative estimate of drug-likeness (QED) is 0.539. The van der Waals surface area contributed by atoms with E-state index in [-0.39, 0.29) is 37.8 Å². The Labute approximate surface area is 188 Å². The fourth-order valence-corrected chi connectivity index (χ4v) is 4.09. The number of hydrogen-bond acceptors (Lipinski definition) is 4. The number of halogens is 5. The van der Waals surface area contributed by atoms with Crippen molar-refractivity contribution in [2.75, 3.05) is 20.6 Å². The van der Waals surface area contributed by atoms with Gasteiger partial charge >= 0.3 is 6.18 Å². The third kappa shape index (κ3) is 5.61. The fraction of sp³-hybridized carbons (Fsp3) is 0.478. The third-order valence-corrected chi connectivity index (χ3v) is 6.33. The number of rotatable bonds is 9. The van der Waals surface area contributed by atoms with Crippen molar-refractivity contribution in [2.24, 2.45) is 5.41 Å². The van der Waals surface area contributed by atoms with Gasteiger partial charge in [-0.25, -0.2) is 8.78 Å². The van der Waals surface area contributed by atoms with Gasteiger partial charge in [0.05, 0.1) is 5.41 Å². The van der Waals surface area contributed by atoms with Gasteiger partial charge < -0.3 is 15.3 Å². The molecule has 5 nitrogen and oxygen atoms in total. The fourth-order valence-electron chi connectivity index (χ4n) is 4.09. The van der Waals surface area contributed by atoms with Crippen molar-refractivity contribution in [3.8, 4) is 5.75 Å². The summed E-state index contributed by atoms with van der Waals surface area (Å²) in [5, 5.41) is 11.9. The number of pyridine rings is 1. The molecule has 2 N–H and O–H groups in total. The molecule has 1 aliphatic carbocycles. The molecule has 0 radical (unpaired) electrons. The van der Waals surface area contributed by atoms with Crippen LogP contribution in [0.1, 0.15) is 36.3 Å². The van der Waals surface area contributed by atoms with Crippen LogP contribution < -0.4 is 5.32 Å². The molecule has 1 aromatic heterocycles. The number of phenols is 1. The molecule has 3 rings (SSSR count). The number of aromatic hydroxyl groups is 1. The van der Waals surface area contributed by atoms with E-state index in [2.05, 4.69) is 10.3 Å². The lowest BCUT2D eigenvalue weighted by Gasteiger charge is -2.30. The highest BCUT2D eigenvalue weighted by Crippen LogP contribution is 2.66. The monoisotopic (exact) mass is 471 g/mol. The molecule has 1 fully saturated rings. The lowest BCUT2D eigenvalue weighted by Crippen LogP contribution is -2.43. The van der Waals surface area contributed by atoms with Gasteiger partial charge in [0.2, 0.25) is 5.91 Å². The van der Waals surface area contributed by atoms with Gasteiger partial charge in [0.1, 0.15) is 5.82 Å². The highest BCUT2D eigenvalue weighted by molar-refractivity contribution is 5.77. The molecule has 0 saturated heterocycles. The Balaban J connectivity index is 1.70. The van der Waals surface area contributed by atoms with E-state index in [1.807, 2.05) is 0 Å². The number of benzene rings is 1. The van der Waals surface area contributed by atoms with Gasteiger partial charge in [-0.05, 0) is 56.6 Å². The SMILES string of the molecule is CN(C)C(CNC(=O)CC(c1cccnc1)C1(C(F)(F)F)CC1)Cc1cc(F)c(O)cc1F. The van der Waals surface area contributed by atoms with Crippen molar-refractivity contribution in [3.63, 3.8) is 0 Å². The molecule has 0 bridgehead atoms. The largest absolute Gasteiger partial charge is 0.505 e. The Morgan fingerprint density at radius 1 is 1.24 bits per heavy atom. The molecule has 1 aromatic carbocycles. The first-order valence-corrected chi connectivity index (χ1v) is 10.5. The number of phenolic OH excluding ortho intramolecular Hbond substituents is 1. The normalized spacial score (nSPS) is 17.0. The van der Waals surface area contributed by atoms with Gasteiger partial charge in [-0.15, -0.1) is 0 Å². The summed E-state index contributed by atoms with van der Waals surface area (Å²) in [7, 11) is 3.37. The first kappa shape index (κ1) is 24.9. The molecule has 1 saturated carbocycles. The van der Waals surface area contributed by atoms with Gasteiger partial charge in [0.25, 0.3) is 0 Å². The molecule has 1 aliphatic rings. The summed E-state index contributed by atoms with van der Waals surface area (Å²) in [4.78, 5) is 18.3. The minimum absolute atomic E-state index is 0.0143. The van der Waals surface area contributed by atoms with Crippen LogP contribution in [0.25, 0.3) is 0 Å². The molecule has 33 heavy (non-hydrogen) atoms. The molecule has 1 amide bonds. The van der Waals surface area contributed by atoms with Gasteiger partial charge in [-0.1, -0.05) is 6.07 Å². The Kier molecular flexibility index (Phi) is 7.26. The average Bonchev–Trinajstić information content (AvgIpc) is 3.55. The molecule has 10 heteroatoms. The highest BCUT2D eigenvalue weighted by Gasteiger charge is 2.67. The number of carbonyl (C=O) groups excluding carboxylic acids is 1. The number of nitrogens with one attached hydrogen (secondary N) is 1. The van der Waals surface area contributed by atoms with Crippen molar-refractivity contribution in [3.05, 3.63) is 59.4 Å². The van der Waals surface area contributed by atoms with Crippen LogP contribution in [0.2, 0.25) is 0 Å². The van der Waals surface area contributed by atoms with Crippen molar-refractivity contribution < 1.29 is 31.9 Å². The Hall–Kier alpha value is -2.75.